The molecule has 2 N–H and O–H groups in total. The number of benzene rings is 1. The molecule has 0 aromatic heterocycles. The summed E-state index contributed by atoms with van der Waals surface area (Å²) in [5.74, 6) is -2.20. The van der Waals surface area contributed by atoms with E-state index in [1.807, 2.05) is 22.6 Å². The van der Waals surface area contributed by atoms with Crippen LogP contribution < -0.4 is 5.73 Å². The van der Waals surface area contributed by atoms with E-state index >= 15 is 0 Å². The zero-order valence-electron chi connectivity index (χ0n) is 10.7. The smallest absolute Gasteiger partial charge is 0.255 e. The van der Waals surface area contributed by atoms with Gasteiger partial charge < -0.3 is 10.6 Å². The molecule has 1 saturated heterocycles. The molecule has 1 fully saturated rings. The molecule has 1 aromatic carbocycles. The fourth-order valence-electron chi connectivity index (χ4n) is 2.35. The Morgan fingerprint density at radius 2 is 2.00 bits per heavy atom. The van der Waals surface area contributed by atoms with Crippen LogP contribution >= 0.6 is 35.0 Å². The maximum Gasteiger partial charge on any atom is 0.255 e. The van der Waals surface area contributed by atoms with Gasteiger partial charge in [-0.05, 0) is 54.0 Å². The first-order valence-corrected chi connectivity index (χ1v) is 7.28. The summed E-state index contributed by atoms with van der Waals surface area (Å²) in [4.78, 5) is 14.1. The minimum atomic E-state index is -0.995. The minimum Gasteiger partial charge on any atom is -0.334 e. The molecular formula is C13H16ClF2IN2O. The molecule has 0 saturated carbocycles. The highest BCUT2D eigenvalue weighted by atomic mass is 127. The third-order valence-corrected chi connectivity index (χ3v) is 4.29. The highest BCUT2D eigenvalue weighted by Gasteiger charge is 2.28. The van der Waals surface area contributed by atoms with Crippen LogP contribution in [0.15, 0.2) is 12.1 Å². The van der Waals surface area contributed by atoms with Gasteiger partial charge in [-0.2, -0.15) is 0 Å². The van der Waals surface area contributed by atoms with E-state index in [0.29, 0.717) is 16.7 Å². The van der Waals surface area contributed by atoms with Crippen LogP contribution in [0.4, 0.5) is 8.78 Å². The van der Waals surface area contributed by atoms with E-state index in [9.17, 15) is 13.6 Å². The number of carbonyl (C=O) groups excluding carboxylic acids is 1. The molecule has 1 unspecified atom stereocenters. The van der Waals surface area contributed by atoms with Crippen molar-refractivity contribution >= 4 is 40.9 Å². The number of amides is 1. The Morgan fingerprint density at radius 3 is 2.65 bits per heavy atom. The number of rotatable bonds is 2. The Hall–Kier alpha value is -0.470. The molecule has 3 nitrogen and oxygen atoms in total. The van der Waals surface area contributed by atoms with Crippen molar-refractivity contribution in [1.29, 1.82) is 0 Å². The van der Waals surface area contributed by atoms with Gasteiger partial charge in [0, 0.05) is 22.7 Å². The number of piperidine rings is 1. The summed E-state index contributed by atoms with van der Waals surface area (Å²) >= 11 is 1.85. The Balaban J connectivity index is 0.00000200. The van der Waals surface area contributed by atoms with Crippen LogP contribution in [0.5, 0.6) is 0 Å². The summed E-state index contributed by atoms with van der Waals surface area (Å²) in [6.45, 7) is 1.02. The Kier molecular flexibility index (Phi) is 6.60. The van der Waals surface area contributed by atoms with Gasteiger partial charge in [0.15, 0.2) is 11.6 Å². The molecule has 0 bridgehead atoms. The van der Waals surface area contributed by atoms with Crippen molar-refractivity contribution in [3.8, 4) is 0 Å². The van der Waals surface area contributed by atoms with Crippen LogP contribution in [0.3, 0.4) is 0 Å². The molecule has 112 valence electrons. The van der Waals surface area contributed by atoms with Crippen LogP contribution in [0.1, 0.15) is 29.6 Å². The number of hydrogen-bond acceptors (Lipinski definition) is 2. The summed E-state index contributed by atoms with van der Waals surface area (Å²) in [5.41, 5.74) is 5.88. The van der Waals surface area contributed by atoms with E-state index in [2.05, 4.69) is 0 Å². The van der Waals surface area contributed by atoms with Crippen LogP contribution in [0.25, 0.3) is 0 Å². The number of hydrogen-bond donors (Lipinski definition) is 1. The maximum absolute atomic E-state index is 13.3. The zero-order valence-corrected chi connectivity index (χ0v) is 13.7. The largest absolute Gasteiger partial charge is 0.334 e. The normalized spacial score (nSPS) is 18.6. The monoisotopic (exact) mass is 416 g/mol. The van der Waals surface area contributed by atoms with Gasteiger partial charge in [-0.25, -0.2) is 8.78 Å². The summed E-state index contributed by atoms with van der Waals surface area (Å²) < 4.78 is 26.8. The third-order valence-electron chi connectivity index (χ3n) is 3.40. The van der Waals surface area contributed by atoms with Crippen molar-refractivity contribution in [3.63, 3.8) is 0 Å². The van der Waals surface area contributed by atoms with Crippen LogP contribution in [0.2, 0.25) is 0 Å². The number of nitrogens with zero attached hydrogens (tertiary/aromatic N) is 1. The van der Waals surface area contributed by atoms with Gasteiger partial charge >= 0.3 is 0 Å². The van der Waals surface area contributed by atoms with E-state index in [0.717, 1.165) is 31.4 Å². The molecule has 0 spiro atoms. The molecule has 1 amide bonds. The second kappa shape index (κ2) is 7.51. The Labute approximate surface area is 136 Å². The quantitative estimate of drug-likeness (QED) is 0.595. The van der Waals surface area contributed by atoms with Crippen LogP contribution in [-0.2, 0) is 0 Å². The first-order chi connectivity index (χ1) is 9.04. The molecule has 0 aliphatic carbocycles. The highest BCUT2D eigenvalue weighted by molar-refractivity contribution is 14.1. The Morgan fingerprint density at radius 1 is 1.35 bits per heavy atom. The van der Waals surface area contributed by atoms with E-state index < -0.39 is 11.6 Å². The van der Waals surface area contributed by atoms with Crippen molar-refractivity contribution in [1.82, 2.24) is 4.90 Å². The van der Waals surface area contributed by atoms with E-state index in [1.54, 1.807) is 4.90 Å². The average Bonchev–Trinajstić information content (AvgIpc) is 2.42. The highest BCUT2D eigenvalue weighted by Crippen LogP contribution is 2.23. The van der Waals surface area contributed by atoms with Crippen LogP contribution in [-0.4, -0.2) is 29.9 Å². The van der Waals surface area contributed by atoms with Gasteiger partial charge in [-0.3, -0.25) is 4.79 Å². The van der Waals surface area contributed by atoms with Crippen molar-refractivity contribution in [2.75, 3.05) is 13.1 Å². The summed E-state index contributed by atoms with van der Waals surface area (Å²) in [7, 11) is 0. The van der Waals surface area contributed by atoms with Gasteiger partial charge in [-0.15, -0.1) is 12.4 Å². The second-order valence-electron chi connectivity index (χ2n) is 4.63. The molecule has 1 aromatic rings. The predicted octanol–water partition coefficient (Wildman–Crippen LogP) is 2.94. The van der Waals surface area contributed by atoms with Gasteiger partial charge in [0.2, 0.25) is 0 Å². The Bertz CT molecular complexity index is 502. The standard InChI is InChI=1S/C13H15F2IN2O.ClH/c14-10-5-9(12(16)6-11(10)15)13(19)18-4-2-1-3-8(18)7-17;/h5-6,8H,1-4,7,17H2;1H. The van der Waals surface area contributed by atoms with Crippen molar-refractivity contribution in [3.05, 3.63) is 32.9 Å². The van der Waals surface area contributed by atoms with Gasteiger partial charge in [0.05, 0.1) is 5.56 Å². The first-order valence-electron chi connectivity index (χ1n) is 6.20. The minimum absolute atomic E-state index is 0. The van der Waals surface area contributed by atoms with Crippen molar-refractivity contribution in [2.45, 2.75) is 25.3 Å². The van der Waals surface area contributed by atoms with E-state index in [1.165, 1.54) is 0 Å². The lowest BCUT2D eigenvalue weighted by atomic mass is 10.0. The molecule has 2 rings (SSSR count). The van der Waals surface area contributed by atoms with Crippen molar-refractivity contribution in [2.24, 2.45) is 5.73 Å². The molecule has 20 heavy (non-hydrogen) atoms. The number of halogens is 4. The number of carbonyl (C=O) groups is 1. The number of likely N-dealkylation sites (tertiary alicyclic amines) is 1. The second-order valence-corrected chi connectivity index (χ2v) is 5.79. The number of nitrogens with two attached hydrogens (primary N) is 1. The van der Waals surface area contributed by atoms with Crippen LogP contribution in [0, 0.1) is 15.2 Å². The average molecular weight is 417 g/mol. The molecule has 1 aliphatic heterocycles. The molecule has 7 heteroatoms. The maximum atomic E-state index is 13.3. The predicted molar refractivity (Wildman–Crippen MR) is 84.1 cm³/mol. The molecule has 1 heterocycles. The van der Waals surface area contributed by atoms with E-state index in [-0.39, 0.29) is 29.9 Å². The summed E-state index contributed by atoms with van der Waals surface area (Å²) in [6, 6.07) is 2.01. The molecule has 1 aliphatic rings. The topological polar surface area (TPSA) is 46.3 Å². The molecule has 0 radical (unpaired) electrons. The lowest BCUT2D eigenvalue weighted by Crippen LogP contribution is -2.47. The summed E-state index contributed by atoms with van der Waals surface area (Å²) in [5, 5.41) is 0. The van der Waals surface area contributed by atoms with E-state index in [4.69, 9.17) is 5.73 Å². The fraction of sp³-hybridized carbons (Fsp3) is 0.462. The lowest BCUT2D eigenvalue weighted by Gasteiger charge is -2.35. The SMILES string of the molecule is Cl.NCC1CCCCN1C(=O)c1cc(F)c(F)cc1I. The van der Waals surface area contributed by atoms with Gasteiger partial charge in [-0.1, -0.05) is 0 Å². The van der Waals surface area contributed by atoms with Crippen molar-refractivity contribution < 1.29 is 13.6 Å². The molecule has 1 atom stereocenters. The van der Waals surface area contributed by atoms with Gasteiger partial charge in [0.25, 0.3) is 5.91 Å². The van der Waals surface area contributed by atoms with Gasteiger partial charge in [0.1, 0.15) is 0 Å². The zero-order chi connectivity index (χ0) is 14.0. The third kappa shape index (κ3) is 3.59. The lowest BCUT2D eigenvalue weighted by molar-refractivity contribution is 0.0621. The summed E-state index contributed by atoms with van der Waals surface area (Å²) in [6.07, 6.45) is 2.82. The first kappa shape index (κ1) is 17.6. The molecular weight excluding hydrogens is 401 g/mol. The fourth-order valence-corrected chi connectivity index (χ4v) is 3.01.